The molecule has 0 aliphatic rings. The molecule has 1 rings (SSSR count). The summed E-state index contributed by atoms with van der Waals surface area (Å²) in [6, 6.07) is 0. The second kappa shape index (κ2) is 4.27. The molecule has 1 heterocycles. The second-order valence-electron chi connectivity index (χ2n) is 5.03. The zero-order valence-electron chi connectivity index (χ0n) is 10.6. The molecule has 0 aliphatic carbocycles. The lowest BCUT2D eigenvalue weighted by Gasteiger charge is -2.20. The van der Waals surface area contributed by atoms with Gasteiger partial charge in [0.05, 0.1) is 22.8 Å². The fraction of sp³-hybridized carbons (Fsp3) is 0.667. The van der Waals surface area contributed by atoms with E-state index in [1.54, 1.807) is 0 Å². The lowest BCUT2D eigenvalue weighted by atomic mass is 10.1. The molecule has 0 saturated heterocycles. The Hall–Kier alpha value is -0.960. The molecule has 1 aromatic heterocycles. The van der Waals surface area contributed by atoms with Gasteiger partial charge < -0.3 is 5.32 Å². The van der Waals surface area contributed by atoms with Crippen molar-refractivity contribution in [3.8, 4) is 0 Å². The molecule has 0 radical (unpaired) electrons. The highest BCUT2D eigenvalue weighted by Crippen LogP contribution is 2.08. The summed E-state index contributed by atoms with van der Waals surface area (Å²) in [5.41, 5.74) is 4.23. The third-order valence-corrected chi connectivity index (χ3v) is 2.37. The summed E-state index contributed by atoms with van der Waals surface area (Å²) in [6.45, 7) is 13.2. The van der Waals surface area contributed by atoms with Gasteiger partial charge in [-0.15, -0.1) is 0 Å². The molecule has 15 heavy (non-hydrogen) atoms. The van der Waals surface area contributed by atoms with Gasteiger partial charge in [0.2, 0.25) is 0 Å². The molecule has 0 bridgehead atoms. The van der Waals surface area contributed by atoms with Crippen LogP contribution in [0.3, 0.4) is 0 Å². The number of hydrogen-bond donors (Lipinski definition) is 1. The minimum absolute atomic E-state index is 0.118. The number of nitrogens with one attached hydrogen (secondary N) is 1. The molecule has 0 atom stereocenters. The standard InChI is InChI=1S/C12H21N3/c1-8-9(2)15-11(10(3)14-8)7-13-12(4,5)6/h13H,7H2,1-6H3. The van der Waals surface area contributed by atoms with Crippen LogP contribution in [0.5, 0.6) is 0 Å². The van der Waals surface area contributed by atoms with E-state index in [1.807, 2.05) is 20.8 Å². The van der Waals surface area contributed by atoms with Crippen molar-refractivity contribution in [1.82, 2.24) is 15.3 Å². The van der Waals surface area contributed by atoms with E-state index in [4.69, 9.17) is 0 Å². The first-order valence-corrected chi connectivity index (χ1v) is 5.35. The Morgan fingerprint density at radius 3 is 2.00 bits per heavy atom. The molecule has 3 nitrogen and oxygen atoms in total. The fourth-order valence-corrected chi connectivity index (χ4v) is 1.28. The number of aryl methyl sites for hydroxylation is 3. The van der Waals surface area contributed by atoms with Crippen molar-refractivity contribution in [2.45, 2.75) is 53.6 Å². The predicted molar refractivity (Wildman–Crippen MR) is 62.8 cm³/mol. The lowest BCUT2D eigenvalue weighted by molar-refractivity contribution is 0.420. The highest BCUT2D eigenvalue weighted by atomic mass is 15.0. The molecule has 0 spiro atoms. The topological polar surface area (TPSA) is 37.8 Å². The molecule has 0 unspecified atom stereocenters. The largest absolute Gasteiger partial charge is 0.306 e. The van der Waals surface area contributed by atoms with Crippen molar-refractivity contribution in [2.75, 3.05) is 0 Å². The van der Waals surface area contributed by atoms with E-state index in [9.17, 15) is 0 Å². The Bertz CT molecular complexity index is 351. The summed E-state index contributed by atoms with van der Waals surface area (Å²) in [4.78, 5) is 9.02. The Morgan fingerprint density at radius 2 is 1.47 bits per heavy atom. The van der Waals surface area contributed by atoms with Crippen LogP contribution in [0.1, 0.15) is 43.5 Å². The first kappa shape index (κ1) is 12.1. The molecule has 1 N–H and O–H groups in total. The smallest absolute Gasteiger partial charge is 0.0757 e. The summed E-state index contributed by atoms with van der Waals surface area (Å²) in [7, 11) is 0. The maximum Gasteiger partial charge on any atom is 0.0757 e. The van der Waals surface area contributed by atoms with Crippen LogP contribution in [0, 0.1) is 20.8 Å². The molecule has 3 heteroatoms. The molecule has 84 valence electrons. The van der Waals surface area contributed by atoms with E-state index in [2.05, 4.69) is 36.1 Å². The third-order valence-electron chi connectivity index (χ3n) is 2.37. The molecule has 1 aromatic rings. The Labute approximate surface area is 92.3 Å². The van der Waals surface area contributed by atoms with Gasteiger partial charge in [-0.05, 0) is 41.5 Å². The van der Waals surface area contributed by atoms with Gasteiger partial charge in [0.1, 0.15) is 0 Å². The van der Waals surface area contributed by atoms with Crippen molar-refractivity contribution in [2.24, 2.45) is 0 Å². The zero-order valence-corrected chi connectivity index (χ0v) is 10.6. The Morgan fingerprint density at radius 1 is 0.933 bits per heavy atom. The molecular weight excluding hydrogens is 186 g/mol. The summed E-state index contributed by atoms with van der Waals surface area (Å²) in [5, 5.41) is 3.42. The van der Waals surface area contributed by atoms with Gasteiger partial charge in [0, 0.05) is 12.1 Å². The van der Waals surface area contributed by atoms with Crippen molar-refractivity contribution in [3.05, 3.63) is 22.8 Å². The van der Waals surface area contributed by atoms with E-state index < -0.39 is 0 Å². The highest BCUT2D eigenvalue weighted by Gasteiger charge is 2.11. The van der Waals surface area contributed by atoms with Crippen LogP contribution in [-0.4, -0.2) is 15.5 Å². The molecule has 0 saturated carbocycles. The van der Waals surface area contributed by atoms with Gasteiger partial charge in [-0.25, -0.2) is 0 Å². The highest BCUT2D eigenvalue weighted by molar-refractivity contribution is 5.17. The van der Waals surface area contributed by atoms with Crippen molar-refractivity contribution < 1.29 is 0 Å². The zero-order chi connectivity index (χ0) is 11.6. The van der Waals surface area contributed by atoms with Gasteiger partial charge >= 0.3 is 0 Å². The molecule has 0 aromatic carbocycles. The minimum atomic E-state index is 0.118. The van der Waals surface area contributed by atoms with Crippen molar-refractivity contribution in [3.63, 3.8) is 0 Å². The Balaban J connectivity index is 2.82. The molecular formula is C12H21N3. The number of hydrogen-bond acceptors (Lipinski definition) is 3. The van der Waals surface area contributed by atoms with Gasteiger partial charge in [-0.3, -0.25) is 9.97 Å². The van der Waals surface area contributed by atoms with E-state index in [-0.39, 0.29) is 5.54 Å². The number of nitrogens with zero attached hydrogens (tertiary/aromatic N) is 2. The first-order valence-electron chi connectivity index (χ1n) is 5.35. The Kier molecular flexibility index (Phi) is 3.45. The van der Waals surface area contributed by atoms with Gasteiger partial charge in [-0.1, -0.05) is 0 Å². The normalized spacial score (nSPS) is 11.9. The van der Waals surface area contributed by atoms with Crippen LogP contribution in [0.2, 0.25) is 0 Å². The van der Waals surface area contributed by atoms with Gasteiger partial charge in [0.15, 0.2) is 0 Å². The average Bonchev–Trinajstić information content (AvgIpc) is 2.07. The van der Waals surface area contributed by atoms with Crippen LogP contribution in [-0.2, 0) is 6.54 Å². The van der Waals surface area contributed by atoms with Gasteiger partial charge in [0.25, 0.3) is 0 Å². The van der Waals surface area contributed by atoms with Crippen LogP contribution in [0.15, 0.2) is 0 Å². The maximum atomic E-state index is 4.55. The van der Waals surface area contributed by atoms with Crippen LogP contribution in [0.25, 0.3) is 0 Å². The molecule has 0 fully saturated rings. The van der Waals surface area contributed by atoms with Crippen LogP contribution in [0.4, 0.5) is 0 Å². The maximum absolute atomic E-state index is 4.55. The SMILES string of the molecule is Cc1nc(C)c(CNC(C)(C)C)nc1C. The van der Waals surface area contributed by atoms with Gasteiger partial charge in [-0.2, -0.15) is 0 Å². The fourth-order valence-electron chi connectivity index (χ4n) is 1.28. The van der Waals surface area contributed by atoms with E-state index >= 15 is 0 Å². The van der Waals surface area contributed by atoms with Crippen LogP contribution < -0.4 is 5.32 Å². The number of aromatic nitrogens is 2. The lowest BCUT2D eigenvalue weighted by Crippen LogP contribution is -2.35. The van der Waals surface area contributed by atoms with E-state index in [0.29, 0.717) is 0 Å². The third kappa shape index (κ3) is 3.59. The average molecular weight is 207 g/mol. The van der Waals surface area contributed by atoms with Crippen molar-refractivity contribution >= 4 is 0 Å². The second-order valence-corrected chi connectivity index (χ2v) is 5.03. The summed E-state index contributed by atoms with van der Waals surface area (Å²) < 4.78 is 0. The summed E-state index contributed by atoms with van der Waals surface area (Å²) in [5.74, 6) is 0. The van der Waals surface area contributed by atoms with Crippen LogP contribution >= 0.6 is 0 Å². The number of rotatable bonds is 2. The van der Waals surface area contributed by atoms with E-state index in [0.717, 1.165) is 29.3 Å². The minimum Gasteiger partial charge on any atom is -0.306 e. The summed E-state index contributed by atoms with van der Waals surface area (Å²) >= 11 is 0. The first-order chi connectivity index (χ1) is 6.79. The quantitative estimate of drug-likeness (QED) is 0.808. The molecule has 0 amide bonds. The monoisotopic (exact) mass is 207 g/mol. The summed E-state index contributed by atoms with van der Waals surface area (Å²) in [6.07, 6.45) is 0. The molecule has 0 aliphatic heterocycles. The predicted octanol–water partition coefficient (Wildman–Crippen LogP) is 2.29. The van der Waals surface area contributed by atoms with Crippen molar-refractivity contribution in [1.29, 1.82) is 0 Å². The van der Waals surface area contributed by atoms with E-state index in [1.165, 1.54) is 0 Å².